The number of hydrogen-bond donors (Lipinski definition) is 1. The zero-order valence-electron chi connectivity index (χ0n) is 14.3. The van der Waals surface area contributed by atoms with Crippen LogP contribution in [0, 0.1) is 25.7 Å². The van der Waals surface area contributed by atoms with Gasteiger partial charge in [0, 0.05) is 19.5 Å². The van der Waals surface area contributed by atoms with Crippen LogP contribution in [-0.2, 0) is 16.1 Å². The first-order valence-electron chi connectivity index (χ1n) is 7.95. The van der Waals surface area contributed by atoms with Crippen molar-refractivity contribution in [1.29, 1.82) is 0 Å². The number of aryl methyl sites for hydroxylation is 2. The topological polar surface area (TPSA) is 66.8 Å². The van der Waals surface area contributed by atoms with Gasteiger partial charge in [0.15, 0.2) is 0 Å². The maximum absolute atomic E-state index is 12.5. The zero-order valence-corrected chi connectivity index (χ0v) is 14.3. The standard InChI is InChI=1S/C18H25NO4/c1-11-7-13(8-12(2)16(11)23-4)10-19(3)17(20)14-5-6-15(9-14)18(21)22/h7-8,14-15H,5-6,9-10H2,1-4H3,(H,21,22)/t14-,15+/m1/s1. The molecule has 126 valence electrons. The molecule has 0 unspecified atom stereocenters. The minimum absolute atomic E-state index is 0.0416. The van der Waals surface area contributed by atoms with E-state index in [1.54, 1.807) is 19.1 Å². The third kappa shape index (κ3) is 3.84. The lowest BCUT2D eigenvalue weighted by atomic mass is 10.0. The largest absolute Gasteiger partial charge is 0.496 e. The summed E-state index contributed by atoms with van der Waals surface area (Å²) >= 11 is 0. The maximum atomic E-state index is 12.5. The van der Waals surface area contributed by atoms with Crippen molar-refractivity contribution in [3.8, 4) is 5.75 Å². The van der Waals surface area contributed by atoms with Gasteiger partial charge in [0.25, 0.3) is 0 Å². The lowest BCUT2D eigenvalue weighted by molar-refractivity contribution is -0.141. The second kappa shape index (κ2) is 7.02. The number of carbonyl (C=O) groups is 2. The number of hydrogen-bond acceptors (Lipinski definition) is 3. The van der Waals surface area contributed by atoms with E-state index in [-0.39, 0.29) is 17.7 Å². The van der Waals surface area contributed by atoms with E-state index in [1.807, 2.05) is 26.0 Å². The van der Waals surface area contributed by atoms with E-state index < -0.39 is 5.97 Å². The predicted molar refractivity (Wildman–Crippen MR) is 87.4 cm³/mol. The number of amides is 1. The highest BCUT2D eigenvalue weighted by molar-refractivity contribution is 5.80. The Morgan fingerprint density at radius 2 is 1.78 bits per heavy atom. The number of aliphatic carboxylic acids is 1. The van der Waals surface area contributed by atoms with Crippen LogP contribution in [-0.4, -0.2) is 36.0 Å². The van der Waals surface area contributed by atoms with Crippen molar-refractivity contribution >= 4 is 11.9 Å². The molecule has 0 bridgehead atoms. The summed E-state index contributed by atoms with van der Waals surface area (Å²) in [5.41, 5.74) is 3.16. The number of benzene rings is 1. The highest BCUT2D eigenvalue weighted by Gasteiger charge is 2.35. The highest BCUT2D eigenvalue weighted by atomic mass is 16.5. The zero-order chi connectivity index (χ0) is 17.1. The molecule has 1 aliphatic carbocycles. The number of carboxylic acids is 1. The second-order valence-electron chi connectivity index (χ2n) is 6.50. The maximum Gasteiger partial charge on any atom is 0.306 e. The quantitative estimate of drug-likeness (QED) is 0.906. The Balaban J connectivity index is 2.03. The van der Waals surface area contributed by atoms with Crippen LogP contribution in [0.1, 0.15) is 36.0 Å². The Morgan fingerprint density at radius 1 is 1.22 bits per heavy atom. The van der Waals surface area contributed by atoms with Gasteiger partial charge in [-0.2, -0.15) is 0 Å². The number of ether oxygens (including phenoxy) is 1. The molecule has 0 aliphatic heterocycles. The minimum Gasteiger partial charge on any atom is -0.496 e. The number of carboxylic acid groups (broad SMARTS) is 1. The van der Waals surface area contributed by atoms with Crippen molar-refractivity contribution in [2.45, 2.75) is 39.7 Å². The minimum atomic E-state index is -0.788. The molecule has 5 heteroatoms. The summed E-state index contributed by atoms with van der Waals surface area (Å²) in [4.78, 5) is 25.3. The number of rotatable bonds is 5. The molecule has 2 rings (SSSR count). The fourth-order valence-electron chi connectivity index (χ4n) is 3.55. The predicted octanol–water partition coefficient (Wildman–Crippen LogP) is 2.77. The van der Waals surface area contributed by atoms with Crippen LogP contribution in [0.3, 0.4) is 0 Å². The fraction of sp³-hybridized carbons (Fsp3) is 0.556. The summed E-state index contributed by atoms with van der Waals surface area (Å²) in [7, 11) is 3.44. The van der Waals surface area contributed by atoms with Crippen molar-refractivity contribution in [3.63, 3.8) is 0 Å². The van der Waals surface area contributed by atoms with E-state index in [2.05, 4.69) is 0 Å². The summed E-state index contributed by atoms with van der Waals surface area (Å²) in [6, 6.07) is 4.06. The lowest BCUT2D eigenvalue weighted by Gasteiger charge is -2.22. The van der Waals surface area contributed by atoms with Gasteiger partial charge in [-0.1, -0.05) is 12.1 Å². The van der Waals surface area contributed by atoms with Gasteiger partial charge >= 0.3 is 5.97 Å². The van der Waals surface area contributed by atoms with Crippen molar-refractivity contribution in [1.82, 2.24) is 4.90 Å². The van der Waals surface area contributed by atoms with Crippen LogP contribution in [0.2, 0.25) is 0 Å². The normalized spacial score (nSPS) is 20.3. The fourth-order valence-corrected chi connectivity index (χ4v) is 3.55. The van der Waals surface area contributed by atoms with Gasteiger partial charge in [-0.15, -0.1) is 0 Å². The van der Waals surface area contributed by atoms with Crippen LogP contribution < -0.4 is 4.74 Å². The SMILES string of the molecule is COc1c(C)cc(CN(C)C(=O)[C@@H]2CC[C@H](C(=O)O)C2)cc1C. The summed E-state index contributed by atoms with van der Waals surface area (Å²) in [6.07, 6.45) is 1.72. The van der Waals surface area contributed by atoms with Crippen molar-refractivity contribution in [2.75, 3.05) is 14.2 Å². The first-order chi connectivity index (χ1) is 10.8. The van der Waals surface area contributed by atoms with Crippen LogP contribution in [0.15, 0.2) is 12.1 Å². The Labute approximate surface area is 137 Å². The lowest BCUT2D eigenvalue weighted by Crippen LogP contribution is -2.31. The number of carbonyl (C=O) groups excluding carboxylic acids is 1. The average Bonchev–Trinajstić information content (AvgIpc) is 2.96. The van der Waals surface area contributed by atoms with Crippen molar-refractivity contribution in [3.05, 3.63) is 28.8 Å². The van der Waals surface area contributed by atoms with Crippen molar-refractivity contribution in [2.24, 2.45) is 11.8 Å². The molecule has 1 N–H and O–H groups in total. The van der Waals surface area contributed by atoms with E-state index >= 15 is 0 Å². The van der Waals surface area contributed by atoms with Gasteiger partial charge in [0.1, 0.15) is 5.75 Å². The van der Waals surface area contributed by atoms with E-state index in [0.717, 1.165) is 22.4 Å². The molecular weight excluding hydrogens is 294 g/mol. The van der Waals surface area contributed by atoms with E-state index in [1.165, 1.54) is 0 Å². The van der Waals surface area contributed by atoms with Crippen LogP contribution in [0.4, 0.5) is 0 Å². The first-order valence-corrected chi connectivity index (χ1v) is 7.95. The molecule has 2 atom stereocenters. The molecule has 0 spiro atoms. The molecular formula is C18H25NO4. The molecule has 0 heterocycles. The Bertz CT molecular complexity index is 588. The molecule has 23 heavy (non-hydrogen) atoms. The van der Waals surface area contributed by atoms with Gasteiger partial charge < -0.3 is 14.7 Å². The van der Waals surface area contributed by atoms with E-state index in [4.69, 9.17) is 9.84 Å². The monoisotopic (exact) mass is 319 g/mol. The Kier molecular flexibility index (Phi) is 5.29. The smallest absolute Gasteiger partial charge is 0.306 e. The van der Waals surface area contributed by atoms with Crippen LogP contribution in [0.25, 0.3) is 0 Å². The molecule has 0 saturated heterocycles. The highest BCUT2D eigenvalue weighted by Crippen LogP contribution is 2.32. The van der Waals surface area contributed by atoms with Crippen molar-refractivity contribution < 1.29 is 19.4 Å². The number of methoxy groups -OCH3 is 1. The van der Waals surface area contributed by atoms with Crippen LogP contribution >= 0.6 is 0 Å². The van der Waals surface area contributed by atoms with E-state index in [9.17, 15) is 9.59 Å². The molecule has 0 aromatic heterocycles. The number of nitrogens with zero attached hydrogens (tertiary/aromatic N) is 1. The van der Waals surface area contributed by atoms with E-state index in [0.29, 0.717) is 25.8 Å². The van der Waals surface area contributed by atoms with Gasteiger partial charge in [0.05, 0.1) is 13.0 Å². The molecule has 1 aromatic carbocycles. The molecule has 1 fully saturated rings. The van der Waals surface area contributed by atoms with Gasteiger partial charge in [0.2, 0.25) is 5.91 Å². The third-order valence-electron chi connectivity index (χ3n) is 4.65. The van der Waals surface area contributed by atoms with Crippen LogP contribution in [0.5, 0.6) is 5.75 Å². The third-order valence-corrected chi connectivity index (χ3v) is 4.65. The molecule has 1 aliphatic rings. The Hall–Kier alpha value is -2.04. The summed E-state index contributed by atoms with van der Waals surface area (Å²) in [5, 5.41) is 9.06. The molecule has 0 radical (unpaired) electrons. The van der Waals surface area contributed by atoms with Gasteiger partial charge in [-0.3, -0.25) is 9.59 Å². The second-order valence-corrected chi connectivity index (χ2v) is 6.50. The summed E-state index contributed by atoms with van der Waals surface area (Å²) < 4.78 is 5.36. The molecule has 1 amide bonds. The molecule has 1 saturated carbocycles. The van der Waals surface area contributed by atoms with Gasteiger partial charge in [-0.25, -0.2) is 0 Å². The summed E-state index contributed by atoms with van der Waals surface area (Å²) in [6.45, 7) is 4.51. The average molecular weight is 319 g/mol. The molecule has 5 nitrogen and oxygen atoms in total. The summed E-state index contributed by atoms with van der Waals surface area (Å²) in [5.74, 6) is -0.406. The van der Waals surface area contributed by atoms with Gasteiger partial charge in [-0.05, 0) is 49.8 Å². The Morgan fingerprint density at radius 3 is 2.26 bits per heavy atom. The molecule has 1 aromatic rings. The first kappa shape index (κ1) is 17.3.